The molecule has 2 aliphatic rings. The van der Waals surface area contributed by atoms with Gasteiger partial charge in [0.1, 0.15) is 5.69 Å². The first kappa shape index (κ1) is 21.5. The molecule has 0 atom stereocenters. The summed E-state index contributed by atoms with van der Waals surface area (Å²) in [6.45, 7) is 0.511. The molecule has 3 amide bonds. The standard InChI is InChI=1S/C23H24N4O5/c28-21(25-13-12-24-19-8-4-5-9-20(19)27(31)32)15-10-11-17-18(14-15)23(30)26(22(17)29)16-6-2-1-3-7-16/h4-5,8-11,14,16,24H,1-3,6-7,12-13H2,(H,25,28). The molecule has 0 aromatic heterocycles. The van der Waals surface area contributed by atoms with Crippen LogP contribution in [0.25, 0.3) is 0 Å². The summed E-state index contributed by atoms with van der Waals surface area (Å²) in [7, 11) is 0. The summed E-state index contributed by atoms with van der Waals surface area (Å²) in [6.07, 6.45) is 4.78. The number of hydrogen-bond donors (Lipinski definition) is 2. The number of fused-ring (bicyclic) bond motifs is 1. The van der Waals surface area contributed by atoms with Gasteiger partial charge in [0.05, 0.1) is 16.1 Å². The molecule has 1 aliphatic carbocycles. The first-order chi connectivity index (χ1) is 15.5. The summed E-state index contributed by atoms with van der Waals surface area (Å²) in [5.41, 5.74) is 1.24. The van der Waals surface area contributed by atoms with Gasteiger partial charge < -0.3 is 10.6 Å². The number of benzene rings is 2. The van der Waals surface area contributed by atoms with Gasteiger partial charge in [-0.3, -0.25) is 29.4 Å². The van der Waals surface area contributed by atoms with Crippen molar-refractivity contribution in [3.05, 3.63) is 69.3 Å². The minimum absolute atomic E-state index is 0.0388. The Balaban J connectivity index is 1.37. The quantitative estimate of drug-likeness (QED) is 0.297. The molecule has 0 saturated heterocycles. The van der Waals surface area contributed by atoms with E-state index in [1.165, 1.54) is 17.0 Å². The summed E-state index contributed by atoms with van der Waals surface area (Å²) in [6, 6.07) is 10.8. The molecule has 0 radical (unpaired) electrons. The van der Waals surface area contributed by atoms with Crippen LogP contribution >= 0.6 is 0 Å². The molecule has 2 aromatic carbocycles. The SMILES string of the molecule is O=C(NCCNc1ccccc1[N+](=O)[O-])c1ccc2c(c1)C(=O)N(C1CCCCC1)C2=O. The van der Waals surface area contributed by atoms with Gasteiger partial charge in [0.25, 0.3) is 23.4 Å². The Kier molecular flexibility index (Phi) is 6.16. The van der Waals surface area contributed by atoms with E-state index >= 15 is 0 Å². The number of imide groups is 1. The van der Waals surface area contributed by atoms with Crippen LogP contribution < -0.4 is 10.6 Å². The van der Waals surface area contributed by atoms with Gasteiger partial charge in [-0.05, 0) is 37.1 Å². The van der Waals surface area contributed by atoms with Gasteiger partial charge in [0.2, 0.25) is 0 Å². The number of para-hydroxylation sites is 2. The second kappa shape index (κ2) is 9.17. The Hall–Kier alpha value is -3.75. The minimum Gasteiger partial charge on any atom is -0.378 e. The van der Waals surface area contributed by atoms with Gasteiger partial charge >= 0.3 is 0 Å². The van der Waals surface area contributed by atoms with Crippen molar-refractivity contribution < 1.29 is 19.3 Å². The third-order valence-corrected chi connectivity index (χ3v) is 5.95. The van der Waals surface area contributed by atoms with Crippen LogP contribution in [0.1, 0.15) is 63.2 Å². The van der Waals surface area contributed by atoms with E-state index in [0.717, 1.165) is 32.1 Å². The van der Waals surface area contributed by atoms with Crippen LogP contribution in [-0.4, -0.2) is 46.7 Å². The highest BCUT2D eigenvalue weighted by atomic mass is 16.6. The lowest BCUT2D eigenvalue weighted by Crippen LogP contribution is -2.40. The number of carbonyl (C=O) groups excluding carboxylic acids is 3. The Morgan fingerprint density at radius 3 is 2.47 bits per heavy atom. The van der Waals surface area contributed by atoms with Crippen LogP contribution in [0.5, 0.6) is 0 Å². The second-order valence-electron chi connectivity index (χ2n) is 7.99. The molecular weight excluding hydrogens is 412 g/mol. The number of nitrogens with zero attached hydrogens (tertiary/aromatic N) is 2. The highest BCUT2D eigenvalue weighted by Gasteiger charge is 2.40. The van der Waals surface area contributed by atoms with E-state index in [1.54, 1.807) is 30.3 Å². The van der Waals surface area contributed by atoms with Crippen LogP contribution in [0.2, 0.25) is 0 Å². The first-order valence-corrected chi connectivity index (χ1v) is 10.7. The Labute approximate surface area is 184 Å². The Bertz CT molecular complexity index is 1080. The van der Waals surface area contributed by atoms with Gasteiger partial charge in [-0.25, -0.2) is 0 Å². The van der Waals surface area contributed by atoms with Gasteiger partial charge in [-0.1, -0.05) is 31.4 Å². The normalized spacial score (nSPS) is 16.1. The monoisotopic (exact) mass is 436 g/mol. The zero-order valence-corrected chi connectivity index (χ0v) is 17.5. The molecule has 32 heavy (non-hydrogen) atoms. The smallest absolute Gasteiger partial charge is 0.292 e. The van der Waals surface area contributed by atoms with E-state index in [4.69, 9.17) is 0 Å². The summed E-state index contributed by atoms with van der Waals surface area (Å²) >= 11 is 0. The van der Waals surface area contributed by atoms with Crippen LogP contribution in [-0.2, 0) is 0 Å². The molecule has 0 unspecified atom stereocenters. The molecule has 9 heteroatoms. The van der Waals surface area contributed by atoms with Crippen molar-refractivity contribution in [3.63, 3.8) is 0 Å². The largest absolute Gasteiger partial charge is 0.378 e. The lowest BCUT2D eigenvalue weighted by atomic mass is 9.94. The van der Waals surface area contributed by atoms with Crippen LogP contribution in [0.3, 0.4) is 0 Å². The number of nitrogens with one attached hydrogen (secondary N) is 2. The molecule has 0 spiro atoms. The number of amides is 3. The van der Waals surface area contributed by atoms with E-state index in [9.17, 15) is 24.5 Å². The third kappa shape index (κ3) is 4.18. The number of anilines is 1. The van der Waals surface area contributed by atoms with Gasteiger partial charge in [0, 0.05) is 30.8 Å². The number of carbonyl (C=O) groups is 3. The second-order valence-corrected chi connectivity index (χ2v) is 7.99. The van der Waals surface area contributed by atoms with E-state index in [2.05, 4.69) is 10.6 Å². The molecule has 2 N–H and O–H groups in total. The van der Waals surface area contributed by atoms with Crippen molar-refractivity contribution in [1.29, 1.82) is 0 Å². The molecule has 166 valence electrons. The van der Waals surface area contributed by atoms with Crippen LogP contribution in [0, 0.1) is 10.1 Å². The van der Waals surface area contributed by atoms with E-state index in [1.807, 2.05) is 0 Å². The molecule has 1 heterocycles. The number of hydrogen-bond acceptors (Lipinski definition) is 6. The lowest BCUT2D eigenvalue weighted by molar-refractivity contribution is -0.384. The van der Waals surface area contributed by atoms with E-state index in [-0.39, 0.29) is 48.1 Å². The van der Waals surface area contributed by atoms with Crippen molar-refractivity contribution in [1.82, 2.24) is 10.2 Å². The lowest BCUT2D eigenvalue weighted by Gasteiger charge is -2.29. The van der Waals surface area contributed by atoms with Crippen LogP contribution in [0.4, 0.5) is 11.4 Å². The fourth-order valence-corrected chi connectivity index (χ4v) is 4.33. The summed E-state index contributed by atoms with van der Waals surface area (Å²) < 4.78 is 0. The van der Waals surface area contributed by atoms with E-state index in [0.29, 0.717) is 16.8 Å². The molecule has 4 rings (SSSR count). The van der Waals surface area contributed by atoms with Crippen molar-refractivity contribution in [2.45, 2.75) is 38.1 Å². The predicted octanol–water partition coefficient (Wildman–Crippen LogP) is 3.37. The van der Waals surface area contributed by atoms with Crippen molar-refractivity contribution in [3.8, 4) is 0 Å². The van der Waals surface area contributed by atoms with Crippen LogP contribution in [0.15, 0.2) is 42.5 Å². The molecule has 1 fully saturated rings. The summed E-state index contributed by atoms with van der Waals surface area (Å²) in [4.78, 5) is 50.1. The van der Waals surface area contributed by atoms with Crippen molar-refractivity contribution in [2.75, 3.05) is 18.4 Å². The summed E-state index contributed by atoms with van der Waals surface area (Å²) in [5.74, 6) is -0.990. The fraction of sp³-hybridized carbons (Fsp3) is 0.348. The Morgan fingerprint density at radius 2 is 1.72 bits per heavy atom. The van der Waals surface area contributed by atoms with Gasteiger partial charge in [0.15, 0.2) is 0 Å². The molecule has 2 aromatic rings. The zero-order valence-electron chi connectivity index (χ0n) is 17.5. The van der Waals surface area contributed by atoms with E-state index < -0.39 is 4.92 Å². The topological polar surface area (TPSA) is 122 Å². The first-order valence-electron chi connectivity index (χ1n) is 10.7. The molecule has 9 nitrogen and oxygen atoms in total. The highest BCUT2D eigenvalue weighted by molar-refractivity contribution is 6.22. The average Bonchev–Trinajstić information content (AvgIpc) is 3.06. The highest BCUT2D eigenvalue weighted by Crippen LogP contribution is 2.31. The fourth-order valence-electron chi connectivity index (χ4n) is 4.33. The Morgan fingerprint density at radius 1 is 1.00 bits per heavy atom. The number of nitro benzene ring substituents is 1. The number of rotatable bonds is 7. The maximum Gasteiger partial charge on any atom is 0.292 e. The van der Waals surface area contributed by atoms with Gasteiger partial charge in [-0.2, -0.15) is 0 Å². The molecule has 1 saturated carbocycles. The third-order valence-electron chi connectivity index (χ3n) is 5.95. The predicted molar refractivity (Wildman–Crippen MR) is 118 cm³/mol. The van der Waals surface area contributed by atoms with Crippen molar-refractivity contribution in [2.24, 2.45) is 0 Å². The van der Waals surface area contributed by atoms with Crippen molar-refractivity contribution >= 4 is 29.1 Å². The average molecular weight is 436 g/mol. The molecular formula is C23H24N4O5. The maximum absolute atomic E-state index is 12.9. The molecule has 1 aliphatic heterocycles. The summed E-state index contributed by atoms with van der Waals surface area (Å²) in [5, 5.41) is 16.7. The maximum atomic E-state index is 12.9. The molecule has 0 bridgehead atoms. The number of nitro groups is 1. The minimum atomic E-state index is -0.472. The van der Waals surface area contributed by atoms with Gasteiger partial charge in [-0.15, -0.1) is 0 Å². The zero-order chi connectivity index (χ0) is 22.7.